The van der Waals surface area contributed by atoms with Crippen LogP contribution in [-0.4, -0.2) is 76.1 Å². The van der Waals surface area contributed by atoms with Crippen molar-refractivity contribution in [3.63, 3.8) is 0 Å². The number of likely N-dealkylation sites (N-methyl/N-ethyl adjacent to an activating group) is 1. The summed E-state index contributed by atoms with van der Waals surface area (Å²) in [6.45, 7) is 7.25. The Morgan fingerprint density at radius 2 is 1.93 bits per heavy atom. The number of fused-ring (bicyclic) bond motifs is 2. The zero-order chi connectivity index (χ0) is 30.9. The molecule has 3 heterocycles. The fourth-order valence-corrected chi connectivity index (χ4v) is 6.91. The third-order valence-corrected chi connectivity index (χ3v) is 9.07. The average molecular weight is 609 g/mol. The maximum atomic E-state index is 13.1. The molecule has 0 aliphatic carbocycles. The van der Waals surface area contributed by atoms with Crippen molar-refractivity contribution in [2.24, 2.45) is 0 Å². The number of anilines is 6. The van der Waals surface area contributed by atoms with Gasteiger partial charge in [0.2, 0.25) is 21.9 Å². The molecule has 0 saturated heterocycles. The molecule has 12 nitrogen and oxygen atoms in total. The highest BCUT2D eigenvalue weighted by Gasteiger charge is 2.29. The number of carbonyl (C=O) groups excluding carboxylic acids is 1. The van der Waals surface area contributed by atoms with E-state index in [9.17, 15) is 13.2 Å². The summed E-state index contributed by atoms with van der Waals surface area (Å²) < 4.78 is 34.6. The van der Waals surface area contributed by atoms with Gasteiger partial charge in [-0.1, -0.05) is 19.1 Å². The number of nitrogens with zero attached hydrogens (tertiary/aromatic N) is 4. The molecule has 1 aromatic heterocycles. The number of aryl methyl sites for hydroxylation is 1. The highest BCUT2D eigenvalue weighted by Crippen LogP contribution is 2.41. The molecular weight excluding hydrogens is 568 g/mol. The first-order chi connectivity index (χ1) is 20.5. The SMILES string of the molecule is COc1cc2c(cc1Nc1nc3c(c(Nc4ccccc4S(=O)(=O)NC(C)C)n1)[C@H](C)CN3)N(C(=O)CN(C)C)CCC2. The summed E-state index contributed by atoms with van der Waals surface area (Å²) in [5.74, 6) is 2.19. The number of ether oxygens (including phenoxy) is 1. The number of benzene rings is 2. The molecule has 230 valence electrons. The summed E-state index contributed by atoms with van der Waals surface area (Å²) in [4.78, 5) is 26.5. The van der Waals surface area contributed by atoms with Crippen LogP contribution in [0.3, 0.4) is 0 Å². The molecule has 2 aromatic carbocycles. The van der Waals surface area contributed by atoms with Crippen molar-refractivity contribution in [1.82, 2.24) is 19.6 Å². The van der Waals surface area contributed by atoms with E-state index in [-0.39, 0.29) is 22.8 Å². The summed E-state index contributed by atoms with van der Waals surface area (Å²) in [6, 6.07) is 10.4. The monoisotopic (exact) mass is 608 g/mol. The fourth-order valence-electron chi connectivity index (χ4n) is 5.49. The van der Waals surface area contributed by atoms with Gasteiger partial charge in [-0.25, -0.2) is 13.1 Å². The molecule has 0 radical (unpaired) electrons. The molecule has 0 spiro atoms. The number of carbonyl (C=O) groups is 1. The van der Waals surface area contributed by atoms with E-state index in [0.717, 1.165) is 29.7 Å². The molecule has 0 saturated carbocycles. The summed E-state index contributed by atoms with van der Waals surface area (Å²) >= 11 is 0. The van der Waals surface area contributed by atoms with Gasteiger partial charge in [0.05, 0.1) is 25.0 Å². The number of sulfonamides is 1. The minimum atomic E-state index is -3.77. The second kappa shape index (κ2) is 12.3. The summed E-state index contributed by atoms with van der Waals surface area (Å²) in [5, 5.41) is 9.94. The van der Waals surface area contributed by atoms with Gasteiger partial charge >= 0.3 is 0 Å². The standard InChI is InChI=1S/C30H40N8O4S/c1-18(2)36-43(40,41)25-12-8-7-11-21(25)32-29-27-19(3)16-31-28(27)34-30(35-29)33-22-15-23-20(14-24(22)42-6)10-9-13-38(23)26(39)17-37(4)5/h7-8,11-12,14-15,18-19,36H,9-10,13,16-17H2,1-6H3,(H3,31,32,33,34,35)/t19-/m1/s1. The Labute approximate surface area is 253 Å². The van der Waals surface area contributed by atoms with E-state index in [1.807, 2.05) is 36.0 Å². The topological polar surface area (TPSA) is 141 Å². The van der Waals surface area contributed by atoms with Crippen LogP contribution in [0.1, 0.15) is 44.2 Å². The van der Waals surface area contributed by atoms with Crippen LogP contribution in [0.25, 0.3) is 0 Å². The molecule has 3 aromatic rings. The van der Waals surface area contributed by atoms with Crippen LogP contribution in [0, 0.1) is 0 Å². The molecule has 43 heavy (non-hydrogen) atoms. The average Bonchev–Trinajstić information content (AvgIpc) is 3.32. The zero-order valence-corrected chi connectivity index (χ0v) is 26.3. The van der Waals surface area contributed by atoms with Gasteiger partial charge in [-0.3, -0.25) is 4.79 Å². The second-order valence-electron chi connectivity index (χ2n) is 11.5. The molecule has 0 unspecified atom stereocenters. The van der Waals surface area contributed by atoms with Crippen LogP contribution in [0.15, 0.2) is 41.3 Å². The molecule has 4 N–H and O–H groups in total. The van der Waals surface area contributed by atoms with Crippen LogP contribution in [0.5, 0.6) is 5.75 Å². The zero-order valence-electron chi connectivity index (χ0n) is 25.5. The van der Waals surface area contributed by atoms with E-state index in [4.69, 9.17) is 14.7 Å². The molecule has 13 heteroatoms. The molecular formula is C30H40N8O4S. The van der Waals surface area contributed by atoms with Gasteiger partial charge in [-0.05, 0) is 70.6 Å². The number of rotatable bonds is 10. The van der Waals surface area contributed by atoms with Crippen molar-refractivity contribution in [3.05, 3.63) is 47.5 Å². The number of amides is 1. The van der Waals surface area contributed by atoms with E-state index < -0.39 is 10.0 Å². The Kier molecular flexibility index (Phi) is 8.76. The largest absolute Gasteiger partial charge is 0.495 e. The lowest BCUT2D eigenvalue weighted by atomic mass is 10.00. The Morgan fingerprint density at radius 3 is 2.65 bits per heavy atom. The van der Waals surface area contributed by atoms with Crippen LogP contribution < -0.4 is 30.3 Å². The first-order valence-corrected chi connectivity index (χ1v) is 15.9. The Hall–Kier alpha value is -3.94. The predicted molar refractivity (Wildman–Crippen MR) is 170 cm³/mol. The summed E-state index contributed by atoms with van der Waals surface area (Å²) in [6.07, 6.45) is 1.72. The lowest BCUT2D eigenvalue weighted by molar-refractivity contribution is -0.119. The van der Waals surface area contributed by atoms with Gasteiger partial charge < -0.3 is 30.5 Å². The Bertz CT molecular complexity index is 1630. The minimum Gasteiger partial charge on any atom is -0.495 e. The van der Waals surface area contributed by atoms with Gasteiger partial charge in [0, 0.05) is 36.3 Å². The number of nitrogens with one attached hydrogen (secondary N) is 4. The molecule has 0 bridgehead atoms. The van der Waals surface area contributed by atoms with Crippen LogP contribution in [-0.2, 0) is 21.2 Å². The van der Waals surface area contributed by atoms with E-state index in [1.54, 1.807) is 45.2 Å². The van der Waals surface area contributed by atoms with E-state index in [0.29, 0.717) is 54.3 Å². The Balaban J connectivity index is 1.53. The lowest BCUT2D eigenvalue weighted by Crippen LogP contribution is -2.40. The third kappa shape index (κ3) is 6.53. The maximum Gasteiger partial charge on any atom is 0.242 e. The first-order valence-electron chi connectivity index (χ1n) is 14.4. The van der Waals surface area contributed by atoms with Crippen LogP contribution in [0.4, 0.5) is 34.6 Å². The molecule has 1 atom stereocenters. The molecule has 1 amide bonds. The summed E-state index contributed by atoms with van der Waals surface area (Å²) in [5.41, 5.74) is 3.77. The first kappa shape index (κ1) is 30.5. The van der Waals surface area contributed by atoms with Crippen molar-refractivity contribution in [2.45, 2.75) is 50.5 Å². The molecule has 2 aliphatic heterocycles. The fraction of sp³-hybridized carbons (Fsp3) is 0.433. The number of hydrogen-bond acceptors (Lipinski definition) is 10. The van der Waals surface area contributed by atoms with Crippen molar-refractivity contribution in [3.8, 4) is 5.75 Å². The van der Waals surface area contributed by atoms with E-state index in [2.05, 4.69) is 27.6 Å². The van der Waals surface area contributed by atoms with E-state index >= 15 is 0 Å². The van der Waals surface area contributed by atoms with Crippen molar-refractivity contribution in [2.75, 3.05) is 61.7 Å². The molecule has 0 fully saturated rings. The van der Waals surface area contributed by atoms with Gasteiger partial charge in [-0.2, -0.15) is 9.97 Å². The number of para-hydroxylation sites is 1. The number of hydrogen-bond donors (Lipinski definition) is 4. The Morgan fingerprint density at radius 1 is 1.16 bits per heavy atom. The highest BCUT2D eigenvalue weighted by atomic mass is 32.2. The van der Waals surface area contributed by atoms with Gasteiger partial charge in [0.25, 0.3) is 0 Å². The smallest absolute Gasteiger partial charge is 0.242 e. The summed E-state index contributed by atoms with van der Waals surface area (Å²) in [7, 11) is 1.59. The lowest BCUT2D eigenvalue weighted by Gasteiger charge is -2.31. The predicted octanol–water partition coefficient (Wildman–Crippen LogP) is 4.03. The second-order valence-corrected chi connectivity index (χ2v) is 13.2. The van der Waals surface area contributed by atoms with Gasteiger partial charge in [0.1, 0.15) is 22.3 Å². The molecule has 2 aliphatic rings. The van der Waals surface area contributed by atoms with Crippen molar-refractivity contribution < 1.29 is 17.9 Å². The third-order valence-electron chi connectivity index (χ3n) is 7.35. The van der Waals surface area contributed by atoms with Gasteiger partial charge in [0.15, 0.2) is 0 Å². The normalized spacial score (nSPS) is 16.1. The van der Waals surface area contributed by atoms with Crippen LogP contribution in [0.2, 0.25) is 0 Å². The quantitative estimate of drug-likeness (QED) is 0.267. The van der Waals surface area contributed by atoms with Crippen molar-refractivity contribution in [1.29, 1.82) is 0 Å². The van der Waals surface area contributed by atoms with E-state index in [1.165, 1.54) is 0 Å². The maximum absolute atomic E-state index is 13.1. The minimum absolute atomic E-state index is 0.0288. The van der Waals surface area contributed by atoms with Gasteiger partial charge in [-0.15, -0.1) is 0 Å². The number of methoxy groups -OCH3 is 1. The number of aromatic nitrogens is 2. The van der Waals surface area contributed by atoms with Crippen molar-refractivity contribution >= 4 is 50.6 Å². The highest BCUT2D eigenvalue weighted by molar-refractivity contribution is 7.89. The molecule has 5 rings (SSSR count). The van der Waals surface area contributed by atoms with Crippen LogP contribution >= 0.6 is 0 Å².